The van der Waals surface area contributed by atoms with Crippen LogP contribution in [0.15, 0.2) is 54.7 Å². The summed E-state index contributed by atoms with van der Waals surface area (Å²) in [5.41, 5.74) is 8.16. The van der Waals surface area contributed by atoms with Crippen LogP contribution >= 0.6 is 0 Å². The molecule has 1 N–H and O–H groups in total. The van der Waals surface area contributed by atoms with Gasteiger partial charge in [0, 0.05) is 36.1 Å². The smallest absolute Gasteiger partial charge is 0.0952 e. The number of nitrogens with zero attached hydrogens (tertiary/aromatic N) is 3. The number of aryl methyl sites for hydroxylation is 2. The van der Waals surface area contributed by atoms with E-state index in [1.807, 2.05) is 11.7 Å². The summed E-state index contributed by atoms with van der Waals surface area (Å²) in [6, 6.07) is 15.3. The highest BCUT2D eigenvalue weighted by molar-refractivity contribution is 5.89. The minimum absolute atomic E-state index is 0.959. The van der Waals surface area contributed by atoms with Crippen LogP contribution in [-0.4, -0.2) is 27.9 Å². The van der Waals surface area contributed by atoms with E-state index in [0.29, 0.717) is 0 Å². The zero-order valence-electron chi connectivity index (χ0n) is 15.7. The Labute approximate surface area is 158 Å². The standard InChI is InChI=1S/C23H22N4/c1-15-11-19(13-20-14-27(2)26-23(15)20)22-6-4-18-12-17(3-5-21(18)25-22)16-7-9-24-10-8-16/h3-7,11-14,24H,8-10H2,1-2H3. The number of nitrogens with one attached hydrogen (secondary N) is 1. The van der Waals surface area contributed by atoms with E-state index in [1.54, 1.807) is 0 Å². The maximum absolute atomic E-state index is 4.93. The third kappa shape index (κ3) is 2.92. The molecule has 0 amide bonds. The second-order valence-corrected chi connectivity index (χ2v) is 7.32. The number of rotatable bonds is 2. The topological polar surface area (TPSA) is 42.7 Å². The Morgan fingerprint density at radius 3 is 2.74 bits per heavy atom. The molecule has 0 radical (unpaired) electrons. The number of pyridine rings is 1. The van der Waals surface area contributed by atoms with Crippen molar-refractivity contribution in [2.45, 2.75) is 13.3 Å². The molecule has 0 bridgehead atoms. The molecule has 4 nitrogen and oxygen atoms in total. The fourth-order valence-electron chi connectivity index (χ4n) is 3.95. The molecule has 0 unspecified atom stereocenters. The Kier molecular flexibility index (Phi) is 3.80. The molecule has 134 valence electrons. The zero-order chi connectivity index (χ0) is 18.4. The molecule has 0 spiro atoms. The molecule has 2 aromatic heterocycles. The van der Waals surface area contributed by atoms with Gasteiger partial charge >= 0.3 is 0 Å². The molecule has 0 fully saturated rings. The van der Waals surface area contributed by atoms with Crippen LogP contribution in [0.4, 0.5) is 0 Å². The molecule has 2 aromatic carbocycles. The summed E-state index contributed by atoms with van der Waals surface area (Å²) < 4.78 is 1.87. The normalized spacial score (nSPS) is 14.7. The van der Waals surface area contributed by atoms with Gasteiger partial charge in [-0.1, -0.05) is 18.2 Å². The van der Waals surface area contributed by atoms with Gasteiger partial charge in [-0.2, -0.15) is 5.10 Å². The Hall–Kier alpha value is -2.98. The molecule has 4 heteroatoms. The molecule has 3 heterocycles. The maximum atomic E-state index is 4.93. The number of benzene rings is 2. The minimum atomic E-state index is 0.959. The summed E-state index contributed by atoms with van der Waals surface area (Å²) in [7, 11) is 1.96. The number of fused-ring (bicyclic) bond motifs is 2. The van der Waals surface area contributed by atoms with Crippen molar-refractivity contribution >= 4 is 27.4 Å². The Balaban J connectivity index is 1.57. The third-order valence-electron chi connectivity index (χ3n) is 5.33. The first-order valence-corrected chi connectivity index (χ1v) is 9.43. The molecular formula is C23H22N4. The molecular weight excluding hydrogens is 332 g/mol. The van der Waals surface area contributed by atoms with Crippen LogP contribution in [0, 0.1) is 6.92 Å². The van der Waals surface area contributed by atoms with Gasteiger partial charge in [0.05, 0.1) is 16.7 Å². The Morgan fingerprint density at radius 1 is 1.00 bits per heavy atom. The first-order valence-electron chi connectivity index (χ1n) is 9.43. The van der Waals surface area contributed by atoms with Crippen molar-refractivity contribution in [1.29, 1.82) is 0 Å². The van der Waals surface area contributed by atoms with Crippen LogP contribution in [-0.2, 0) is 7.05 Å². The lowest BCUT2D eigenvalue weighted by atomic mass is 9.98. The van der Waals surface area contributed by atoms with Crippen molar-refractivity contribution < 1.29 is 0 Å². The quantitative estimate of drug-likeness (QED) is 0.577. The van der Waals surface area contributed by atoms with Crippen molar-refractivity contribution in [3.05, 3.63) is 65.9 Å². The number of aromatic nitrogens is 3. The van der Waals surface area contributed by atoms with Gasteiger partial charge in [0.2, 0.25) is 0 Å². The third-order valence-corrected chi connectivity index (χ3v) is 5.33. The summed E-state index contributed by atoms with van der Waals surface area (Å²) in [6.07, 6.45) is 5.44. The van der Waals surface area contributed by atoms with E-state index in [1.165, 1.54) is 22.1 Å². The maximum Gasteiger partial charge on any atom is 0.0952 e. The fourth-order valence-corrected chi connectivity index (χ4v) is 3.95. The van der Waals surface area contributed by atoms with Crippen LogP contribution in [0.25, 0.3) is 38.6 Å². The Morgan fingerprint density at radius 2 is 1.89 bits per heavy atom. The summed E-state index contributed by atoms with van der Waals surface area (Å²) in [5.74, 6) is 0. The zero-order valence-corrected chi connectivity index (χ0v) is 15.7. The van der Waals surface area contributed by atoms with Gasteiger partial charge in [0.1, 0.15) is 0 Å². The lowest BCUT2D eigenvalue weighted by molar-refractivity contribution is 0.739. The second-order valence-electron chi connectivity index (χ2n) is 7.32. The van der Waals surface area contributed by atoms with Gasteiger partial charge in [0.15, 0.2) is 0 Å². The molecule has 0 aliphatic carbocycles. The molecule has 0 atom stereocenters. The molecule has 1 aliphatic heterocycles. The van der Waals surface area contributed by atoms with Gasteiger partial charge in [-0.25, -0.2) is 4.98 Å². The van der Waals surface area contributed by atoms with Crippen molar-refractivity contribution in [2.24, 2.45) is 7.05 Å². The van der Waals surface area contributed by atoms with Gasteiger partial charge in [-0.3, -0.25) is 4.68 Å². The lowest BCUT2D eigenvalue weighted by Gasteiger charge is -2.14. The number of hydrogen-bond donors (Lipinski definition) is 1. The van der Waals surface area contributed by atoms with Crippen molar-refractivity contribution in [3.8, 4) is 11.3 Å². The average Bonchev–Trinajstić information content (AvgIpc) is 3.09. The summed E-state index contributed by atoms with van der Waals surface area (Å²) in [4.78, 5) is 4.93. The summed E-state index contributed by atoms with van der Waals surface area (Å²) in [5, 5.41) is 10.3. The van der Waals surface area contributed by atoms with Gasteiger partial charge in [-0.15, -0.1) is 0 Å². The monoisotopic (exact) mass is 354 g/mol. The van der Waals surface area contributed by atoms with E-state index >= 15 is 0 Å². The SMILES string of the molecule is Cc1cc(-c2ccc3cc(C4=CCNCC4)ccc3n2)cc2cn(C)nc12. The van der Waals surface area contributed by atoms with Crippen molar-refractivity contribution in [1.82, 2.24) is 20.1 Å². The average molecular weight is 354 g/mol. The number of hydrogen-bond acceptors (Lipinski definition) is 3. The van der Waals surface area contributed by atoms with Crippen LogP contribution < -0.4 is 5.32 Å². The highest BCUT2D eigenvalue weighted by Gasteiger charge is 2.10. The van der Waals surface area contributed by atoms with E-state index in [4.69, 9.17) is 4.98 Å². The minimum Gasteiger partial charge on any atom is -0.313 e. The van der Waals surface area contributed by atoms with E-state index in [-0.39, 0.29) is 0 Å². The lowest BCUT2D eigenvalue weighted by Crippen LogP contribution is -2.19. The molecule has 0 saturated heterocycles. The first-order chi connectivity index (χ1) is 13.2. The largest absolute Gasteiger partial charge is 0.313 e. The van der Waals surface area contributed by atoms with Crippen molar-refractivity contribution in [2.75, 3.05) is 13.1 Å². The fraction of sp³-hybridized carbons (Fsp3) is 0.217. The van der Waals surface area contributed by atoms with Gasteiger partial charge < -0.3 is 5.32 Å². The summed E-state index contributed by atoms with van der Waals surface area (Å²) in [6.45, 7) is 4.12. The van der Waals surface area contributed by atoms with E-state index in [2.05, 4.69) is 72.1 Å². The first kappa shape index (κ1) is 16.2. The van der Waals surface area contributed by atoms with Crippen LogP contribution in [0.1, 0.15) is 17.5 Å². The molecule has 1 aliphatic rings. The van der Waals surface area contributed by atoms with Crippen LogP contribution in [0.5, 0.6) is 0 Å². The predicted octanol–water partition coefficient (Wildman–Crippen LogP) is 4.47. The van der Waals surface area contributed by atoms with E-state index < -0.39 is 0 Å². The van der Waals surface area contributed by atoms with E-state index in [9.17, 15) is 0 Å². The highest BCUT2D eigenvalue weighted by Crippen LogP contribution is 2.29. The molecule has 0 saturated carbocycles. The van der Waals surface area contributed by atoms with Crippen molar-refractivity contribution in [3.63, 3.8) is 0 Å². The van der Waals surface area contributed by atoms with Gasteiger partial charge in [0.25, 0.3) is 0 Å². The molecule has 27 heavy (non-hydrogen) atoms. The highest BCUT2D eigenvalue weighted by atomic mass is 15.2. The van der Waals surface area contributed by atoms with Crippen LogP contribution in [0.2, 0.25) is 0 Å². The van der Waals surface area contributed by atoms with Gasteiger partial charge in [-0.05, 0) is 66.9 Å². The van der Waals surface area contributed by atoms with E-state index in [0.717, 1.165) is 47.2 Å². The van der Waals surface area contributed by atoms with Crippen LogP contribution in [0.3, 0.4) is 0 Å². The molecule has 5 rings (SSSR count). The Bertz CT molecular complexity index is 1200. The predicted molar refractivity (Wildman–Crippen MR) is 112 cm³/mol. The summed E-state index contributed by atoms with van der Waals surface area (Å²) >= 11 is 0. The second kappa shape index (κ2) is 6.32. The molecule has 4 aromatic rings.